The van der Waals surface area contributed by atoms with Gasteiger partial charge in [0.1, 0.15) is 29.8 Å². The largest absolute Gasteiger partial charge is 0.507 e. The Bertz CT molecular complexity index is 884. The van der Waals surface area contributed by atoms with Crippen LogP contribution < -0.4 is 0 Å². The van der Waals surface area contributed by atoms with Gasteiger partial charge in [-0.05, 0) is 30.1 Å². The molecule has 4 aliphatic rings. The maximum atomic E-state index is 11.1. The number of hydrogen-bond acceptors (Lipinski definition) is 5. The Morgan fingerprint density at radius 3 is 2.30 bits per heavy atom. The van der Waals surface area contributed by atoms with Crippen molar-refractivity contribution >= 4 is 11.1 Å². The van der Waals surface area contributed by atoms with E-state index in [0.717, 1.165) is 23.1 Å². The molecule has 0 saturated carbocycles. The summed E-state index contributed by atoms with van der Waals surface area (Å²) in [5, 5.41) is 22.1. The molecule has 5 nitrogen and oxygen atoms in total. The molecule has 27 heavy (non-hydrogen) atoms. The lowest BCUT2D eigenvalue weighted by atomic mass is 9.90. The normalized spacial score (nSPS) is 26.2. The number of aromatic hydroxyl groups is 2. The van der Waals surface area contributed by atoms with Crippen LogP contribution in [0.25, 0.3) is 11.1 Å². The molecular weight excluding hydrogens is 344 g/mol. The quantitative estimate of drug-likeness (QED) is 0.721. The third-order valence-corrected chi connectivity index (χ3v) is 5.38. The first kappa shape index (κ1) is 16.8. The molecule has 0 spiro atoms. The van der Waals surface area contributed by atoms with E-state index < -0.39 is 0 Å². The standard InChI is InChI=1S/C22H22O5/c23-20-16(13-5-1-2-6-13)9-17(21(24)19(20)14-7-3-4-8-14)22(18-12-26-18)27-11-15-10-25-15/h1-5,7,9,15,18,22-24H,6,8,10-12H2. The highest BCUT2D eigenvalue weighted by molar-refractivity contribution is 5.86. The van der Waals surface area contributed by atoms with Crippen molar-refractivity contribution < 1.29 is 24.4 Å². The van der Waals surface area contributed by atoms with Crippen molar-refractivity contribution in [3.63, 3.8) is 0 Å². The number of ether oxygens (including phenoxy) is 3. The third-order valence-electron chi connectivity index (χ3n) is 5.38. The summed E-state index contributed by atoms with van der Waals surface area (Å²) in [6.45, 7) is 1.80. The zero-order chi connectivity index (χ0) is 18.4. The van der Waals surface area contributed by atoms with Crippen molar-refractivity contribution in [2.75, 3.05) is 19.8 Å². The molecule has 2 aliphatic heterocycles. The van der Waals surface area contributed by atoms with Crippen molar-refractivity contribution in [2.24, 2.45) is 0 Å². The van der Waals surface area contributed by atoms with Crippen LogP contribution in [0.5, 0.6) is 11.5 Å². The van der Waals surface area contributed by atoms with Crippen LogP contribution in [0.2, 0.25) is 0 Å². The highest BCUT2D eigenvalue weighted by Crippen LogP contribution is 2.48. The third kappa shape index (κ3) is 3.23. The summed E-state index contributed by atoms with van der Waals surface area (Å²) in [5.41, 5.74) is 3.84. The van der Waals surface area contributed by atoms with E-state index in [0.29, 0.717) is 37.4 Å². The van der Waals surface area contributed by atoms with Crippen LogP contribution in [0.3, 0.4) is 0 Å². The minimum atomic E-state index is -0.378. The summed E-state index contributed by atoms with van der Waals surface area (Å²) in [6, 6.07) is 1.86. The molecule has 0 radical (unpaired) electrons. The average molecular weight is 366 g/mol. The van der Waals surface area contributed by atoms with Gasteiger partial charge in [-0.25, -0.2) is 0 Å². The van der Waals surface area contributed by atoms with Gasteiger partial charge in [0.2, 0.25) is 0 Å². The zero-order valence-corrected chi connectivity index (χ0v) is 14.9. The molecule has 5 rings (SSSR count). The number of epoxide rings is 2. The lowest BCUT2D eigenvalue weighted by molar-refractivity contribution is 0.0219. The summed E-state index contributed by atoms with van der Waals surface area (Å²) in [5.74, 6) is 0.206. The van der Waals surface area contributed by atoms with E-state index in [1.807, 2.05) is 36.4 Å². The molecule has 5 heteroatoms. The fourth-order valence-corrected chi connectivity index (χ4v) is 3.73. The fourth-order valence-electron chi connectivity index (χ4n) is 3.73. The Labute approximate surface area is 157 Å². The second-order valence-corrected chi connectivity index (χ2v) is 7.31. The molecule has 0 bridgehead atoms. The second kappa shape index (κ2) is 6.68. The van der Waals surface area contributed by atoms with E-state index in [1.165, 1.54) is 0 Å². The predicted octanol–water partition coefficient (Wildman–Crippen LogP) is 3.64. The first-order valence-corrected chi connectivity index (χ1v) is 9.38. The number of hydrogen-bond donors (Lipinski definition) is 2. The fraction of sp³-hybridized carbons (Fsp3) is 0.364. The van der Waals surface area contributed by atoms with Gasteiger partial charge in [0.15, 0.2) is 0 Å². The molecule has 3 atom stereocenters. The first-order valence-electron chi connectivity index (χ1n) is 9.38. The maximum absolute atomic E-state index is 11.1. The number of benzene rings is 1. The zero-order valence-electron chi connectivity index (χ0n) is 14.9. The van der Waals surface area contributed by atoms with E-state index in [-0.39, 0.29) is 29.8 Å². The molecule has 1 aromatic rings. The average Bonchev–Trinajstić information content (AvgIpc) is 3.56. The topological polar surface area (TPSA) is 74.8 Å². The van der Waals surface area contributed by atoms with Gasteiger partial charge in [-0.2, -0.15) is 0 Å². The van der Waals surface area contributed by atoms with Gasteiger partial charge in [-0.3, -0.25) is 0 Å². The SMILES string of the molecule is Oc1c(C2=CC=CC2)cc(C(OCC2CO2)C2CO2)c(O)c1C1=CC=CC1. The lowest BCUT2D eigenvalue weighted by Crippen LogP contribution is -2.15. The van der Waals surface area contributed by atoms with Crippen molar-refractivity contribution in [2.45, 2.75) is 31.2 Å². The summed E-state index contributed by atoms with van der Waals surface area (Å²) >= 11 is 0. The van der Waals surface area contributed by atoms with Crippen molar-refractivity contribution in [3.8, 4) is 11.5 Å². The van der Waals surface area contributed by atoms with Crippen LogP contribution in [-0.2, 0) is 14.2 Å². The number of phenolic OH excluding ortho intramolecular Hbond substituents is 2. The Kier molecular flexibility index (Phi) is 4.16. The van der Waals surface area contributed by atoms with Crippen molar-refractivity contribution in [1.82, 2.24) is 0 Å². The smallest absolute Gasteiger partial charge is 0.134 e. The Morgan fingerprint density at radius 2 is 1.70 bits per heavy atom. The monoisotopic (exact) mass is 366 g/mol. The number of rotatable bonds is 7. The van der Waals surface area contributed by atoms with Crippen LogP contribution in [0.1, 0.15) is 35.6 Å². The second-order valence-electron chi connectivity index (χ2n) is 7.31. The lowest BCUT2D eigenvalue weighted by Gasteiger charge is -2.22. The van der Waals surface area contributed by atoms with Crippen LogP contribution in [-0.4, -0.2) is 42.2 Å². The molecule has 1 aromatic carbocycles. The van der Waals surface area contributed by atoms with Gasteiger partial charge in [0, 0.05) is 11.1 Å². The first-order chi connectivity index (χ1) is 13.2. The molecule has 0 amide bonds. The van der Waals surface area contributed by atoms with Gasteiger partial charge >= 0.3 is 0 Å². The molecule has 0 aromatic heterocycles. The Hall–Kier alpha value is -2.34. The highest BCUT2D eigenvalue weighted by atomic mass is 16.6. The van der Waals surface area contributed by atoms with E-state index in [2.05, 4.69) is 6.08 Å². The van der Waals surface area contributed by atoms with E-state index in [1.54, 1.807) is 0 Å². The molecule has 140 valence electrons. The molecule has 2 saturated heterocycles. The molecule has 2 aliphatic carbocycles. The maximum Gasteiger partial charge on any atom is 0.134 e. The Morgan fingerprint density at radius 1 is 1.00 bits per heavy atom. The van der Waals surface area contributed by atoms with Crippen molar-refractivity contribution in [1.29, 1.82) is 0 Å². The van der Waals surface area contributed by atoms with Gasteiger partial charge in [0.05, 0.1) is 25.4 Å². The van der Waals surface area contributed by atoms with Gasteiger partial charge in [-0.15, -0.1) is 0 Å². The van der Waals surface area contributed by atoms with Crippen LogP contribution in [0.15, 0.2) is 42.5 Å². The summed E-state index contributed by atoms with van der Waals surface area (Å²) in [4.78, 5) is 0. The van der Waals surface area contributed by atoms with Crippen LogP contribution in [0, 0.1) is 0 Å². The summed E-state index contributed by atoms with van der Waals surface area (Å²) in [7, 11) is 0. The molecule has 3 unspecified atom stereocenters. The van der Waals surface area contributed by atoms with Crippen molar-refractivity contribution in [3.05, 3.63) is 59.2 Å². The van der Waals surface area contributed by atoms with Crippen LogP contribution in [0.4, 0.5) is 0 Å². The molecule has 2 heterocycles. The van der Waals surface area contributed by atoms with Crippen LogP contribution >= 0.6 is 0 Å². The molecule has 2 N–H and O–H groups in total. The Balaban J connectivity index is 1.60. The van der Waals surface area contributed by atoms with Gasteiger partial charge < -0.3 is 24.4 Å². The summed E-state index contributed by atoms with van der Waals surface area (Å²) in [6.07, 6.45) is 13.1. The number of allylic oxidation sites excluding steroid dienone is 8. The molecular formula is C22H22O5. The molecule has 2 fully saturated rings. The van der Waals surface area contributed by atoms with Gasteiger partial charge in [0.25, 0.3) is 0 Å². The van der Waals surface area contributed by atoms with Gasteiger partial charge in [-0.1, -0.05) is 36.5 Å². The van der Waals surface area contributed by atoms with E-state index in [9.17, 15) is 10.2 Å². The predicted molar refractivity (Wildman–Crippen MR) is 101 cm³/mol. The highest BCUT2D eigenvalue weighted by Gasteiger charge is 2.39. The minimum Gasteiger partial charge on any atom is -0.507 e. The number of phenols is 2. The van der Waals surface area contributed by atoms with E-state index in [4.69, 9.17) is 14.2 Å². The van der Waals surface area contributed by atoms with E-state index >= 15 is 0 Å². The minimum absolute atomic E-state index is 0.0775. The summed E-state index contributed by atoms with van der Waals surface area (Å²) < 4.78 is 16.8.